The van der Waals surface area contributed by atoms with Crippen molar-refractivity contribution in [3.8, 4) is 0 Å². The van der Waals surface area contributed by atoms with E-state index in [9.17, 15) is 13.2 Å². The number of methoxy groups -OCH3 is 1. The van der Waals surface area contributed by atoms with Crippen LogP contribution in [-0.4, -0.2) is 62.8 Å². The van der Waals surface area contributed by atoms with Crippen molar-refractivity contribution >= 4 is 15.9 Å². The third-order valence-corrected chi connectivity index (χ3v) is 5.16. The molecule has 0 bridgehead atoms. The second kappa shape index (κ2) is 7.58. The molecule has 24 heavy (non-hydrogen) atoms. The summed E-state index contributed by atoms with van der Waals surface area (Å²) in [5.74, 6) is -0.0674. The van der Waals surface area contributed by atoms with E-state index in [0.29, 0.717) is 44.5 Å². The molecule has 1 aliphatic heterocycles. The van der Waals surface area contributed by atoms with Crippen LogP contribution >= 0.6 is 0 Å². The lowest BCUT2D eigenvalue weighted by Gasteiger charge is -2.41. The number of nitrogens with one attached hydrogen (secondary N) is 1. The van der Waals surface area contributed by atoms with Gasteiger partial charge in [-0.25, -0.2) is 13.1 Å². The molecule has 1 saturated heterocycles. The van der Waals surface area contributed by atoms with Crippen molar-refractivity contribution in [2.24, 2.45) is 0 Å². The predicted molar refractivity (Wildman–Crippen MR) is 91.3 cm³/mol. The summed E-state index contributed by atoms with van der Waals surface area (Å²) in [5, 5.41) is 0. The molecule has 1 aromatic heterocycles. The average molecular weight is 355 g/mol. The molecule has 0 atom stereocenters. The van der Waals surface area contributed by atoms with E-state index in [1.54, 1.807) is 24.3 Å². The molecule has 8 heteroatoms. The van der Waals surface area contributed by atoms with E-state index in [4.69, 9.17) is 4.74 Å². The first-order valence-electron chi connectivity index (χ1n) is 7.94. The lowest BCUT2D eigenvalue weighted by atomic mass is 9.85. The molecule has 0 aromatic carbocycles. The van der Waals surface area contributed by atoms with E-state index in [0.717, 1.165) is 11.9 Å². The Morgan fingerprint density at radius 3 is 2.54 bits per heavy atom. The number of ether oxygens (including phenoxy) is 1. The number of sulfonamides is 1. The monoisotopic (exact) mass is 355 g/mol. The fourth-order valence-corrected chi connectivity index (χ4v) is 4.10. The number of nitrogens with zero attached hydrogens (tertiary/aromatic N) is 2. The Morgan fingerprint density at radius 2 is 2.04 bits per heavy atom. The van der Waals surface area contributed by atoms with Crippen LogP contribution in [0.15, 0.2) is 18.3 Å². The van der Waals surface area contributed by atoms with Crippen molar-refractivity contribution in [3.05, 3.63) is 29.6 Å². The lowest BCUT2D eigenvalue weighted by molar-refractivity contribution is 0.0620. The minimum atomic E-state index is -3.33. The number of aromatic nitrogens is 1. The fraction of sp³-hybridized carbons (Fsp3) is 0.625. The quantitative estimate of drug-likeness (QED) is 0.821. The zero-order valence-electron chi connectivity index (χ0n) is 14.4. The van der Waals surface area contributed by atoms with E-state index in [2.05, 4.69) is 9.71 Å². The number of hydrogen-bond acceptors (Lipinski definition) is 5. The van der Waals surface area contributed by atoms with Gasteiger partial charge in [0.05, 0.1) is 11.8 Å². The molecule has 134 valence electrons. The number of likely N-dealkylation sites (tertiary alicyclic amines) is 1. The van der Waals surface area contributed by atoms with Gasteiger partial charge in [-0.05, 0) is 38.3 Å². The van der Waals surface area contributed by atoms with Gasteiger partial charge in [-0.3, -0.25) is 9.78 Å². The number of piperidine rings is 1. The van der Waals surface area contributed by atoms with E-state index < -0.39 is 15.6 Å². The number of carbonyl (C=O) groups is 1. The Kier molecular flexibility index (Phi) is 5.95. The van der Waals surface area contributed by atoms with E-state index >= 15 is 0 Å². The first-order chi connectivity index (χ1) is 11.2. The number of rotatable bonds is 6. The van der Waals surface area contributed by atoms with Crippen molar-refractivity contribution in [1.29, 1.82) is 0 Å². The van der Waals surface area contributed by atoms with E-state index in [-0.39, 0.29) is 5.91 Å². The van der Waals surface area contributed by atoms with Crippen LogP contribution in [0.4, 0.5) is 0 Å². The second-order valence-electron chi connectivity index (χ2n) is 6.38. The van der Waals surface area contributed by atoms with Gasteiger partial charge in [0.15, 0.2) is 0 Å². The highest BCUT2D eigenvalue weighted by Gasteiger charge is 2.38. The molecule has 1 fully saturated rings. The van der Waals surface area contributed by atoms with Gasteiger partial charge >= 0.3 is 0 Å². The van der Waals surface area contributed by atoms with Crippen LogP contribution < -0.4 is 4.72 Å². The molecular weight excluding hydrogens is 330 g/mol. The molecular formula is C16H25N3O4S. The first kappa shape index (κ1) is 18.8. The van der Waals surface area contributed by atoms with Crippen LogP contribution in [0, 0.1) is 6.92 Å². The third-order valence-electron chi connectivity index (χ3n) is 4.35. The third kappa shape index (κ3) is 4.99. The SMILES string of the molecule is COCCC1(NS(C)(=O)=O)CCN(C(=O)c2ccc(C)nc2)CC1. The van der Waals surface area contributed by atoms with E-state index in [1.165, 1.54) is 0 Å². The molecule has 0 unspecified atom stereocenters. The maximum Gasteiger partial charge on any atom is 0.255 e. The highest BCUT2D eigenvalue weighted by Crippen LogP contribution is 2.27. The summed E-state index contributed by atoms with van der Waals surface area (Å²) in [7, 11) is -1.73. The summed E-state index contributed by atoms with van der Waals surface area (Å²) >= 11 is 0. The lowest BCUT2D eigenvalue weighted by Crippen LogP contribution is -2.56. The summed E-state index contributed by atoms with van der Waals surface area (Å²) < 4.78 is 31.3. The predicted octanol–water partition coefficient (Wildman–Crippen LogP) is 0.951. The Bertz CT molecular complexity index is 665. The van der Waals surface area contributed by atoms with Crippen LogP contribution in [0.25, 0.3) is 0 Å². The maximum absolute atomic E-state index is 12.5. The summed E-state index contributed by atoms with van der Waals surface area (Å²) in [6.07, 6.45) is 4.46. The van der Waals surface area contributed by atoms with Crippen molar-refractivity contribution in [3.63, 3.8) is 0 Å². The van der Waals surface area contributed by atoms with Gasteiger partial charge in [-0.15, -0.1) is 0 Å². The van der Waals surface area contributed by atoms with Gasteiger partial charge < -0.3 is 9.64 Å². The largest absolute Gasteiger partial charge is 0.385 e. The fourth-order valence-electron chi connectivity index (χ4n) is 3.01. The van der Waals surface area contributed by atoms with Gasteiger partial charge in [-0.2, -0.15) is 0 Å². The molecule has 1 aromatic rings. The zero-order valence-corrected chi connectivity index (χ0v) is 15.2. The van der Waals surface area contributed by atoms with Crippen molar-refractivity contribution in [2.45, 2.75) is 31.7 Å². The van der Waals surface area contributed by atoms with Crippen molar-refractivity contribution < 1.29 is 17.9 Å². The number of amides is 1. The van der Waals surface area contributed by atoms with Gasteiger partial charge in [0.25, 0.3) is 5.91 Å². The van der Waals surface area contributed by atoms with Gasteiger partial charge in [0, 0.05) is 44.2 Å². The Hall–Kier alpha value is -1.51. The molecule has 0 saturated carbocycles. The Balaban J connectivity index is 2.06. The van der Waals surface area contributed by atoms with Crippen LogP contribution in [0.1, 0.15) is 35.3 Å². The molecule has 7 nitrogen and oxygen atoms in total. The number of carbonyl (C=O) groups excluding carboxylic acids is 1. The molecule has 1 N–H and O–H groups in total. The summed E-state index contributed by atoms with van der Waals surface area (Å²) in [4.78, 5) is 18.5. The molecule has 0 radical (unpaired) electrons. The maximum atomic E-state index is 12.5. The molecule has 1 aliphatic rings. The van der Waals surface area contributed by atoms with Crippen molar-refractivity contribution in [1.82, 2.24) is 14.6 Å². The number of hydrogen-bond donors (Lipinski definition) is 1. The Labute approximate surface area is 143 Å². The summed E-state index contributed by atoms with van der Waals surface area (Å²) in [6, 6.07) is 3.58. The average Bonchev–Trinajstić information content (AvgIpc) is 2.52. The highest BCUT2D eigenvalue weighted by molar-refractivity contribution is 7.88. The van der Waals surface area contributed by atoms with Crippen molar-refractivity contribution in [2.75, 3.05) is 33.1 Å². The van der Waals surface area contributed by atoms with E-state index in [1.807, 2.05) is 13.0 Å². The molecule has 2 rings (SSSR count). The van der Waals surface area contributed by atoms with Gasteiger partial charge in [0.2, 0.25) is 10.0 Å². The molecule has 1 amide bonds. The number of pyridine rings is 1. The summed E-state index contributed by atoms with van der Waals surface area (Å²) in [5.41, 5.74) is 0.869. The van der Waals surface area contributed by atoms with Crippen LogP contribution in [-0.2, 0) is 14.8 Å². The minimum Gasteiger partial charge on any atom is -0.385 e. The smallest absolute Gasteiger partial charge is 0.255 e. The van der Waals surface area contributed by atoms with Gasteiger partial charge in [-0.1, -0.05) is 0 Å². The van der Waals surface area contributed by atoms with Crippen LogP contribution in [0.2, 0.25) is 0 Å². The first-order valence-corrected chi connectivity index (χ1v) is 9.84. The Morgan fingerprint density at radius 1 is 1.38 bits per heavy atom. The van der Waals surface area contributed by atoms with Gasteiger partial charge in [0.1, 0.15) is 0 Å². The molecule has 0 aliphatic carbocycles. The van der Waals surface area contributed by atoms with Crippen LogP contribution in [0.3, 0.4) is 0 Å². The van der Waals surface area contributed by atoms with Crippen LogP contribution in [0.5, 0.6) is 0 Å². The standard InChI is InChI=1S/C16H25N3O4S/c1-13-4-5-14(12-17-13)15(20)19-9-6-16(7-10-19,8-11-23-2)18-24(3,21)22/h4-5,12,18H,6-11H2,1-3H3. The molecule has 0 spiro atoms. The highest BCUT2D eigenvalue weighted by atomic mass is 32.2. The summed E-state index contributed by atoms with van der Waals surface area (Å²) in [6.45, 7) is 3.34. The second-order valence-corrected chi connectivity index (χ2v) is 8.13. The number of aryl methyl sites for hydroxylation is 1. The normalized spacial score (nSPS) is 17.7. The molecule has 2 heterocycles. The minimum absolute atomic E-state index is 0.0674. The topological polar surface area (TPSA) is 88.6 Å². The zero-order chi connectivity index (χ0) is 17.8.